The lowest BCUT2D eigenvalue weighted by Crippen LogP contribution is -2.37. The minimum atomic E-state index is -0.0779. The molecule has 1 N–H and O–H groups in total. The van der Waals surface area contributed by atoms with Gasteiger partial charge >= 0.3 is 0 Å². The molecule has 5 heteroatoms. The molecular weight excluding hydrogens is 268 g/mol. The first-order valence-corrected chi connectivity index (χ1v) is 7.22. The maximum Gasteiger partial charge on any atom is 0.260 e. The number of benzene rings is 1. The van der Waals surface area contributed by atoms with Gasteiger partial charge in [-0.2, -0.15) is 0 Å². The van der Waals surface area contributed by atoms with Gasteiger partial charge in [0.2, 0.25) is 5.91 Å². The molecule has 21 heavy (non-hydrogen) atoms. The highest BCUT2D eigenvalue weighted by atomic mass is 16.5. The molecule has 2 rings (SSSR count). The molecule has 1 aromatic rings. The molecule has 114 valence electrons. The number of ether oxygens (including phenoxy) is 1. The van der Waals surface area contributed by atoms with Gasteiger partial charge in [0.25, 0.3) is 5.91 Å². The minimum absolute atomic E-state index is 0.00329. The third kappa shape index (κ3) is 3.97. The highest BCUT2D eigenvalue weighted by Crippen LogP contribution is 2.24. The molecule has 0 aliphatic carbocycles. The topological polar surface area (TPSA) is 58.6 Å². The number of carbonyl (C=O) groups excluding carboxylic acids is 2. The molecule has 1 heterocycles. The van der Waals surface area contributed by atoms with Crippen LogP contribution in [0.25, 0.3) is 0 Å². The van der Waals surface area contributed by atoms with Gasteiger partial charge in [0, 0.05) is 26.1 Å². The van der Waals surface area contributed by atoms with Crippen molar-refractivity contribution in [2.24, 2.45) is 0 Å². The molecule has 0 spiro atoms. The first-order valence-electron chi connectivity index (χ1n) is 7.22. The number of aryl methyl sites for hydroxylation is 3. The number of amides is 2. The molecule has 1 aromatic carbocycles. The second-order valence-corrected chi connectivity index (χ2v) is 5.50. The number of nitrogens with one attached hydrogen (secondary N) is 1. The van der Waals surface area contributed by atoms with E-state index in [1.807, 2.05) is 32.9 Å². The molecule has 0 unspecified atom stereocenters. The molecule has 5 nitrogen and oxygen atoms in total. The van der Waals surface area contributed by atoms with Crippen molar-refractivity contribution in [1.29, 1.82) is 0 Å². The summed E-state index contributed by atoms with van der Waals surface area (Å²) in [4.78, 5) is 25.1. The zero-order chi connectivity index (χ0) is 15.4. The quantitative estimate of drug-likeness (QED) is 0.914. The fourth-order valence-electron chi connectivity index (χ4n) is 2.64. The van der Waals surface area contributed by atoms with Gasteiger partial charge in [-0.3, -0.25) is 9.59 Å². The van der Waals surface area contributed by atoms with Crippen molar-refractivity contribution in [2.75, 3.05) is 26.2 Å². The predicted molar refractivity (Wildman–Crippen MR) is 80.4 cm³/mol. The zero-order valence-electron chi connectivity index (χ0n) is 12.9. The minimum Gasteiger partial charge on any atom is -0.483 e. The Morgan fingerprint density at radius 2 is 1.90 bits per heavy atom. The first-order chi connectivity index (χ1) is 9.97. The smallest absolute Gasteiger partial charge is 0.260 e. The van der Waals surface area contributed by atoms with E-state index in [9.17, 15) is 9.59 Å². The van der Waals surface area contributed by atoms with Crippen LogP contribution in [0.5, 0.6) is 5.75 Å². The average molecular weight is 290 g/mol. The lowest BCUT2D eigenvalue weighted by atomic mass is 10.1. The van der Waals surface area contributed by atoms with Crippen LogP contribution in [0, 0.1) is 20.8 Å². The number of hydrogen-bond acceptors (Lipinski definition) is 3. The second-order valence-electron chi connectivity index (χ2n) is 5.50. The van der Waals surface area contributed by atoms with Crippen LogP contribution in [0.3, 0.4) is 0 Å². The van der Waals surface area contributed by atoms with Crippen LogP contribution < -0.4 is 10.1 Å². The number of carbonyl (C=O) groups is 2. The Morgan fingerprint density at radius 3 is 2.57 bits per heavy atom. The monoisotopic (exact) mass is 290 g/mol. The van der Waals surface area contributed by atoms with Crippen LogP contribution in [0.4, 0.5) is 0 Å². The average Bonchev–Trinajstić information content (AvgIpc) is 2.62. The van der Waals surface area contributed by atoms with E-state index in [4.69, 9.17) is 4.74 Å². The van der Waals surface area contributed by atoms with Crippen molar-refractivity contribution < 1.29 is 14.3 Å². The lowest BCUT2D eigenvalue weighted by molar-refractivity contribution is -0.133. The van der Waals surface area contributed by atoms with E-state index in [-0.39, 0.29) is 18.4 Å². The largest absolute Gasteiger partial charge is 0.483 e. The van der Waals surface area contributed by atoms with E-state index in [1.165, 1.54) is 5.56 Å². The van der Waals surface area contributed by atoms with Gasteiger partial charge in [-0.05, 0) is 31.9 Å². The molecular formula is C16H22N2O3. The Balaban J connectivity index is 1.96. The first kappa shape index (κ1) is 15.4. The fraction of sp³-hybridized carbons (Fsp3) is 0.500. The van der Waals surface area contributed by atoms with E-state index in [1.54, 1.807) is 4.90 Å². The Morgan fingerprint density at radius 1 is 1.24 bits per heavy atom. The maximum atomic E-state index is 12.2. The number of nitrogens with zero attached hydrogens (tertiary/aromatic N) is 1. The van der Waals surface area contributed by atoms with E-state index >= 15 is 0 Å². The van der Waals surface area contributed by atoms with Crippen molar-refractivity contribution in [3.05, 3.63) is 28.8 Å². The summed E-state index contributed by atoms with van der Waals surface area (Å²) in [6.07, 6.45) is 0.355. The summed E-state index contributed by atoms with van der Waals surface area (Å²) >= 11 is 0. The molecule has 1 aliphatic heterocycles. The summed E-state index contributed by atoms with van der Waals surface area (Å²) in [7, 11) is 0. The Labute approximate surface area is 125 Å². The van der Waals surface area contributed by atoms with Gasteiger partial charge in [-0.15, -0.1) is 0 Å². The highest BCUT2D eigenvalue weighted by molar-refractivity contribution is 5.81. The molecule has 2 amide bonds. The summed E-state index contributed by atoms with van der Waals surface area (Å²) in [5, 5.41) is 2.75. The normalized spacial score (nSPS) is 15.4. The summed E-state index contributed by atoms with van der Waals surface area (Å²) < 4.78 is 5.71. The van der Waals surface area contributed by atoms with Crippen molar-refractivity contribution in [3.8, 4) is 5.75 Å². The van der Waals surface area contributed by atoms with Gasteiger partial charge in [-0.1, -0.05) is 17.7 Å². The van der Waals surface area contributed by atoms with Crippen molar-refractivity contribution in [2.45, 2.75) is 27.2 Å². The summed E-state index contributed by atoms with van der Waals surface area (Å²) in [5.41, 5.74) is 3.25. The molecule has 1 aliphatic rings. The van der Waals surface area contributed by atoms with Crippen molar-refractivity contribution in [3.63, 3.8) is 0 Å². The number of hydrogen-bond donors (Lipinski definition) is 1. The zero-order valence-corrected chi connectivity index (χ0v) is 12.9. The SMILES string of the molecule is Cc1cc(C)c(OCC(=O)N2CCNC(=O)CC2)c(C)c1. The number of rotatable bonds is 3. The molecule has 0 aromatic heterocycles. The molecule has 1 saturated heterocycles. The summed E-state index contributed by atoms with van der Waals surface area (Å²) in [6, 6.07) is 4.09. The van der Waals surface area contributed by atoms with Crippen LogP contribution in [0.2, 0.25) is 0 Å². The van der Waals surface area contributed by atoms with Gasteiger partial charge in [0.15, 0.2) is 6.61 Å². The molecule has 0 radical (unpaired) electrons. The third-order valence-corrected chi connectivity index (χ3v) is 3.61. The van der Waals surface area contributed by atoms with E-state index < -0.39 is 0 Å². The third-order valence-electron chi connectivity index (χ3n) is 3.61. The van der Waals surface area contributed by atoms with Crippen LogP contribution in [0.15, 0.2) is 12.1 Å². The highest BCUT2D eigenvalue weighted by Gasteiger charge is 2.19. The predicted octanol–water partition coefficient (Wildman–Crippen LogP) is 1.34. The summed E-state index contributed by atoms with van der Waals surface area (Å²) in [6.45, 7) is 7.52. The van der Waals surface area contributed by atoms with Crippen LogP contribution in [-0.4, -0.2) is 43.0 Å². The van der Waals surface area contributed by atoms with Crippen molar-refractivity contribution >= 4 is 11.8 Å². The molecule has 0 bridgehead atoms. The standard InChI is InChI=1S/C16H22N2O3/c1-11-8-12(2)16(13(3)9-11)21-10-15(20)18-6-4-14(19)17-5-7-18/h8-9H,4-7,10H2,1-3H3,(H,17,19). The van der Waals surface area contributed by atoms with E-state index in [2.05, 4.69) is 5.32 Å². The van der Waals surface area contributed by atoms with Crippen LogP contribution >= 0.6 is 0 Å². The van der Waals surface area contributed by atoms with E-state index in [0.717, 1.165) is 16.9 Å². The molecule has 0 atom stereocenters. The Kier molecular flexibility index (Phi) is 4.83. The van der Waals surface area contributed by atoms with Crippen LogP contribution in [-0.2, 0) is 9.59 Å². The van der Waals surface area contributed by atoms with Crippen LogP contribution in [0.1, 0.15) is 23.1 Å². The molecule has 1 fully saturated rings. The Hall–Kier alpha value is -2.04. The Bertz CT molecular complexity index is 531. The van der Waals surface area contributed by atoms with Gasteiger partial charge in [0.1, 0.15) is 5.75 Å². The van der Waals surface area contributed by atoms with Gasteiger partial charge in [-0.25, -0.2) is 0 Å². The second kappa shape index (κ2) is 6.61. The van der Waals surface area contributed by atoms with Gasteiger partial charge < -0.3 is 15.0 Å². The summed E-state index contributed by atoms with van der Waals surface area (Å²) in [5.74, 6) is 0.695. The van der Waals surface area contributed by atoms with E-state index in [0.29, 0.717) is 26.1 Å². The lowest BCUT2D eigenvalue weighted by Gasteiger charge is -2.20. The van der Waals surface area contributed by atoms with Crippen molar-refractivity contribution in [1.82, 2.24) is 10.2 Å². The maximum absolute atomic E-state index is 12.2. The molecule has 0 saturated carbocycles. The fourth-order valence-corrected chi connectivity index (χ4v) is 2.64. The van der Waals surface area contributed by atoms with Gasteiger partial charge in [0.05, 0.1) is 0 Å².